The Hall–Kier alpha value is -2.05. The van der Waals surface area contributed by atoms with E-state index in [1.54, 1.807) is 4.90 Å². The first-order valence-electron chi connectivity index (χ1n) is 10.1. The van der Waals surface area contributed by atoms with Gasteiger partial charge in [0.2, 0.25) is 0 Å². The monoisotopic (exact) mass is 432 g/mol. The topological polar surface area (TPSA) is 57.7 Å². The Morgan fingerprint density at radius 3 is 2.69 bits per heavy atom. The van der Waals surface area contributed by atoms with Gasteiger partial charge in [0.15, 0.2) is 0 Å². The molecule has 0 aliphatic carbocycles. The van der Waals surface area contributed by atoms with Crippen LogP contribution < -0.4 is 4.31 Å². The molecule has 0 N–H and O–H groups in total. The number of para-hydroxylation sites is 1. The first kappa shape index (κ1) is 20.2. The van der Waals surface area contributed by atoms with Crippen molar-refractivity contribution in [3.8, 4) is 0 Å². The Morgan fingerprint density at radius 2 is 1.90 bits per heavy atom. The van der Waals surface area contributed by atoms with E-state index in [4.69, 9.17) is 11.6 Å². The number of halogens is 1. The maximum Gasteiger partial charge on any atom is 0.264 e. The van der Waals surface area contributed by atoms with Gasteiger partial charge >= 0.3 is 0 Å². The second kappa shape index (κ2) is 8.00. The van der Waals surface area contributed by atoms with E-state index in [-0.39, 0.29) is 21.4 Å². The molecule has 2 aromatic carbocycles. The maximum atomic E-state index is 13.4. The normalized spacial score (nSPS) is 19.7. The van der Waals surface area contributed by atoms with Crippen LogP contribution in [0.4, 0.5) is 5.69 Å². The van der Waals surface area contributed by atoms with Crippen LogP contribution in [0.1, 0.15) is 42.1 Å². The molecule has 2 heterocycles. The third kappa shape index (κ3) is 3.88. The molecule has 29 heavy (non-hydrogen) atoms. The minimum absolute atomic E-state index is 0.104. The Morgan fingerprint density at radius 1 is 1.10 bits per heavy atom. The molecule has 0 aromatic heterocycles. The Balaban J connectivity index is 1.69. The molecule has 4 rings (SSSR count). The van der Waals surface area contributed by atoms with Crippen molar-refractivity contribution in [1.82, 2.24) is 4.90 Å². The number of piperidine rings is 1. The first-order valence-corrected chi connectivity index (χ1v) is 11.9. The standard InChI is InChI=1S/C22H25ClN2O3S/c1-16-6-4-12-24(15-16)22(26)19-14-18(10-11-20(19)23)29(27,28)25-13-5-8-17-7-2-3-9-21(17)25/h2-3,7,9-11,14,16H,4-6,8,12-13,15H2,1H3. The van der Waals surface area contributed by atoms with Crippen LogP contribution in [-0.4, -0.2) is 38.9 Å². The highest BCUT2D eigenvalue weighted by Crippen LogP contribution is 2.33. The number of rotatable bonds is 3. The van der Waals surface area contributed by atoms with Crippen LogP contribution in [0, 0.1) is 5.92 Å². The highest BCUT2D eigenvalue weighted by atomic mass is 35.5. The van der Waals surface area contributed by atoms with E-state index in [1.807, 2.05) is 24.3 Å². The first-order chi connectivity index (χ1) is 13.9. The number of likely N-dealkylation sites (tertiary alicyclic amines) is 1. The van der Waals surface area contributed by atoms with Gasteiger partial charge in [-0.05, 0) is 61.4 Å². The molecule has 154 valence electrons. The van der Waals surface area contributed by atoms with Gasteiger partial charge in [-0.3, -0.25) is 9.10 Å². The van der Waals surface area contributed by atoms with Crippen LogP contribution in [0.2, 0.25) is 5.02 Å². The Labute approximate surface area is 177 Å². The molecule has 0 bridgehead atoms. The zero-order valence-electron chi connectivity index (χ0n) is 16.5. The number of fused-ring (bicyclic) bond motifs is 1. The fourth-order valence-corrected chi connectivity index (χ4v) is 6.02. The number of aryl methyl sites for hydroxylation is 1. The average Bonchev–Trinajstić information content (AvgIpc) is 2.73. The summed E-state index contributed by atoms with van der Waals surface area (Å²) in [4.78, 5) is 14.9. The van der Waals surface area contributed by atoms with Crippen LogP contribution in [0.15, 0.2) is 47.4 Å². The Bertz CT molecular complexity index is 1040. The lowest BCUT2D eigenvalue weighted by Crippen LogP contribution is -2.39. The van der Waals surface area contributed by atoms with E-state index < -0.39 is 10.0 Å². The molecule has 0 radical (unpaired) electrons. The third-order valence-corrected chi connectivity index (χ3v) is 7.91. The summed E-state index contributed by atoms with van der Waals surface area (Å²) in [7, 11) is -3.79. The van der Waals surface area contributed by atoms with Crippen molar-refractivity contribution in [1.29, 1.82) is 0 Å². The van der Waals surface area contributed by atoms with Crippen molar-refractivity contribution in [2.75, 3.05) is 23.9 Å². The molecule has 5 nitrogen and oxygen atoms in total. The van der Waals surface area contributed by atoms with Crippen molar-refractivity contribution < 1.29 is 13.2 Å². The molecule has 1 saturated heterocycles. The maximum absolute atomic E-state index is 13.4. The predicted molar refractivity (Wildman–Crippen MR) is 115 cm³/mol. The number of sulfonamides is 1. The summed E-state index contributed by atoms with van der Waals surface area (Å²) in [5, 5.41) is 0.284. The number of amides is 1. The van der Waals surface area contributed by atoms with E-state index in [0.29, 0.717) is 31.2 Å². The zero-order chi connectivity index (χ0) is 20.6. The van der Waals surface area contributed by atoms with Crippen LogP contribution >= 0.6 is 11.6 Å². The number of hydrogen-bond acceptors (Lipinski definition) is 3. The number of hydrogen-bond donors (Lipinski definition) is 0. The van der Waals surface area contributed by atoms with Crippen molar-refractivity contribution in [2.24, 2.45) is 5.92 Å². The summed E-state index contributed by atoms with van der Waals surface area (Å²) in [6.45, 7) is 3.90. The van der Waals surface area contributed by atoms with Gasteiger partial charge in [-0.25, -0.2) is 8.42 Å². The van der Waals surface area contributed by atoms with Gasteiger partial charge in [0.1, 0.15) is 0 Å². The molecule has 1 fully saturated rings. The van der Waals surface area contributed by atoms with Gasteiger partial charge in [0.05, 0.1) is 21.2 Å². The quantitative estimate of drug-likeness (QED) is 0.724. The minimum Gasteiger partial charge on any atom is -0.338 e. The molecule has 2 aromatic rings. The largest absolute Gasteiger partial charge is 0.338 e. The average molecular weight is 433 g/mol. The van der Waals surface area contributed by atoms with E-state index in [9.17, 15) is 13.2 Å². The molecule has 1 atom stereocenters. The molecule has 0 spiro atoms. The molecule has 1 unspecified atom stereocenters. The molecular formula is C22H25ClN2O3S. The lowest BCUT2D eigenvalue weighted by molar-refractivity contribution is 0.0683. The predicted octanol–water partition coefficient (Wildman–Crippen LogP) is 4.35. The smallest absolute Gasteiger partial charge is 0.264 e. The van der Waals surface area contributed by atoms with E-state index in [1.165, 1.54) is 22.5 Å². The number of benzene rings is 2. The van der Waals surface area contributed by atoms with Gasteiger partial charge in [0.25, 0.3) is 15.9 Å². The minimum atomic E-state index is -3.79. The zero-order valence-corrected chi connectivity index (χ0v) is 18.0. The summed E-state index contributed by atoms with van der Waals surface area (Å²) in [5.41, 5.74) is 1.99. The molecular weight excluding hydrogens is 408 g/mol. The highest BCUT2D eigenvalue weighted by Gasteiger charge is 2.31. The van der Waals surface area contributed by atoms with Crippen LogP contribution in [0.3, 0.4) is 0 Å². The van der Waals surface area contributed by atoms with Crippen LogP contribution in [0.5, 0.6) is 0 Å². The van der Waals surface area contributed by atoms with E-state index in [0.717, 1.165) is 31.2 Å². The van der Waals surface area contributed by atoms with Gasteiger partial charge in [-0.15, -0.1) is 0 Å². The van der Waals surface area contributed by atoms with Crippen LogP contribution in [-0.2, 0) is 16.4 Å². The fourth-order valence-electron chi connectivity index (χ4n) is 4.25. The SMILES string of the molecule is CC1CCCN(C(=O)c2cc(S(=O)(=O)N3CCCc4ccccc43)ccc2Cl)C1. The fraction of sp³-hybridized carbons (Fsp3) is 0.409. The van der Waals surface area contributed by atoms with Gasteiger partial charge < -0.3 is 4.90 Å². The molecule has 2 aliphatic heterocycles. The van der Waals surface area contributed by atoms with Crippen molar-refractivity contribution in [3.63, 3.8) is 0 Å². The van der Waals surface area contributed by atoms with Crippen LogP contribution in [0.25, 0.3) is 0 Å². The van der Waals surface area contributed by atoms with E-state index >= 15 is 0 Å². The molecule has 7 heteroatoms. The second-order valence-electron chi connectivity index (χ2n) is 7.95. The van der Waals surface area contributed by atoms with Crippen molar-refractivity contribution in [2.45, 2.75) is 37.5 Å². The summed E-state index contributed by atoms with van der Waals surface area (Å²) in [6, 6.07) is 12.0. The van der Waals surface area contributed by atoms with Gasteiger partial charge in [0, 0.05) is 19.6 Å². The number of anilines is 1. The second-order valence-corrected chi connectivity index (χ2v) is 10.2. The summed E-state index contributed by atoms with van der Waals surface area (Å²) in [6.07, 6.45) is 3.67. The van der Waals surface area contributed by atoms with Gasteiger partial charge in [-0.1, -0.05) is 36.7 Å². The van der Waals surface area contributed by atoms with Crippen molar-refractivity contribution >= 4 is 33.2 Å². The van der Waals surface area contributed by atoms with E-state index in [2.05, 4.69) is 6.92 Å². The number of nitrogens with zero attached hydrogens (tertiary/aromatic N) is 2. The molecule has 2 aliphatic rings. The third-order valence-electron chi connectivity index (χ3n) is 5.77. The lowest BCUT2D eigenvalue weighted by atomic mass is 9.99. The highest BCUT2D eigenvalue weighted by molar-refractivity contribution is 7.92. The number of carbonyl (C=O) groups excluding carboxylic acids is 1. The summed E-state index contributed by atoms with van der Waals surface area (Å²) in [5.74, 6) is 0.237. The molecule has 0 saturated carbocycles. The Kier molecular flexibility index (Phi) is 5.58. The summed E-state index contributed by atoms with van der Waals surface area (Å²) >= 11 is 6.31. The lowest BCUT2D eigenvalue weighted by Gasteiger charge is -2.32. The van der Waals surface area contributed by atoms with Gasteiger partial charge in [-0.2, -0.15) is 0 Å². The number of carbonyl (C=O) groups is 1. The summed E-state index contributed by atoms with van der Waals surface area (Å²) < 4.78 is 28.3. The molecule has 1 amide bonds. The van der Waals surface area contributed by atoms with Crippen molar-refractivity contribution in [3.05, 3.63) is 58.6 Å².